The van der Waals surface area contributed by atoms with E-state index in [9.17, 15) is 0 Å². The predicted molar refractivity (Wildman–Crippen MR) is 62.4 cm³/mol. The first-order chi connectivity index (χ1) is 7.81. The Morgan fingerprint density at radius 1 is 1.25 bits per heavy atom. The van der Waals surface area contributed by atoms with Gasteiger partial charge in [-0.15, -0.1) is 0 Å². The fourth-order valence-corrected chi connectivity index (χ4v) is 1.67. The van der Waals surface area contributed by atoms with Crippen LogP contribution in [0.25, 0.3) is 11.3 Å². The molecule has 0 saturated heterocycles. The third kappa shape index (κ3) is 2.43. The molecule has 0 bridgehead atoms. The van der Waals surface area contributed by atoms with Crippen LogP contribution in [0.3, 0.4) is 0 Å². The molecule has 0 saturated carbocycles. The lowest BCUT2D eigenvalue weighted by molar-refractivity contribution is 0.288. The van der Waals surface area contributed by atoms with Crippen molar-refractivity contribution < 1.29 is 9.63 Å². The maximum atomic E-state index is 8.79. The third-order valence-corrected chi connectivity index (χ3v) is 2.61. The van der Waals surface area contributed by atoms with Crippen molar-refractivity contribution in [3.05, 3.63) is 41.0 Å². The highest BCUT2D eigenvalue weighted by Crippen LogP contribution is 2.25. The average Bonchev–Trinajstić information content (AvgIpc) is 2.75. The summed E-state index contributed by atoms with van der Waals surface area (Å²) in [5.74, 6) is 0.755. The quantitative estimate of drug-likeness (QED) is 0.889. The van der Waals surface area contributed by atoms with Crippen LogP contribution < -0.4 is 0 Å². The van der Waals surface area contributed by atoms with Crippen molar-refractivity contribution in [2.24, 2.45) is 0 Å². The summed E-state index contributed by atoms with van der Waals surface area (Å²) in [6.07, 6.45) is 3.17. The first kappa shape index (κ1) is 11.2. The predicted octanol–water partition coefficient (Wildman–Crippen LogP) is 2.92. The number of hydrogen-bond donors (Lipinski definition) is 1. The first-order valence-corrected chi connectivity index (χ1v) is 5.49. The van der Waals surface area contributed by atoms with E-state index in [-0.39, 0.29) is 6.61 Å². The monoisotopic (exact) mass is 237 g/mol. The van der Waals surface area contributed by atoms with Crippen LogP contribution in [-0.4, -0.2) is 16.9 Å². The highest BCUT2D eigenvalue weighted by Gasteiger charge is 2.09. The number of aryl methyl sites for hydroxylation is 1. The lowest BCUT2D eigenvalue weighted by atomic mass is 10.1. The van der Waals surface area contributed by atoms with Gasteiger partial charge < -0.3 is 9.63 Å². The van der Waals surface area contributed by atoms with Crippen molar-refractivity contribution in [2.75, 3.05) is 6.61 Å². The summed E-state index contributed by atoms with van der Waals surface area (Å²) in [5, 5.41) is 13.3. The van der Waals surface area contributed by atoms with Crippen LogP contribution in [0.15, 0.2) is 35.0 Å². The molecular formula is C12H12ClNO2. The SMILES string of the molecule is OCCCc1cnoc1-c1ccc(Cl)cc1. The number of hydrogen-bond acceptors (Lipinski definition) is 3. The van der Waals surface area contributed by atoms with E-state index in [1.54, 1.807) is 6.20 Å². The second-order valence-corrected chi connectivity index (χ2v) is 3.95. The molecule has 1 aromatic carbocycles. The molecule has 0 unspecified atom stereocenters. The number of rotatable bonds is 4. The van der Waals surface area contributed by atoms with Gasteiger partial charge in [-0.2, -0.15) is 0 Å². The number of benzene rings is 1. The molecule has 3 nitrogen and oxygen atoms in total. The molecule has 2 rings (SSSR count). The fraction of sp³-hybridized carbons (Fsp3) is 0.250. The molecule has 16 heavy (non-hydrogen) atoms. The van der Waals surface area contributed by atoms with Gasteiger partial charge in [-0.3, -0.25) is 0 Å². The average molecular weight is 238 g/mol. The molecule has 0 amide bonds. The van der Waals surface area contributed by atoms with Crippen LogP contribution in [0.2, 0.25) is 5.02 Å². The van der Waals surface area contributed by atoms with E-state index in [2.05, 4.69) is 5.16 Å². The Kier molecular flexibility index (Phi) is 3.59. The van der Waals surface area contributed by atoms with Gasteiger partial charge in [-0.1, -0.05) is 16.8 Å². The van der Waals surface area contributed by atoms with Crippen LogP contribution in [-0.2, 0) is 6.42 Å². The van der Waals surface area contributed by atoms with Crippen molar-refractivity contribution in [3.8, 4) is 11.3 Å². The van der Waals surface area contributed by atoms with Gasteiger partial charge in [0.2, 0.25) is 0 Å². The van der Waals surface area contributed by atoms with E-state index in [0.29, 0.717) is 11.4 Å². The zero-order chi connectivity index (χ0) is 11.4. The molecule has 4 heteroatoms. The molecule has 1 N–H and O–H groups in total. The van der Waals surface area contributed by atoms with E-state index in [0.717, 1.165) is 23.3 Å². The number of aliphatic hydroxyl groups excluding tert-OH is 1. The summed E-state index contributed by atoms with van der Waals surface area (Å²) < 4.78 is 5.21. The van der Waals surface area contributed by atoms with Gasteiger partial charge in [0.25, 0.3) is 0 Å². The molecule has 0 radical (unpaired) electrons. The molecule has 2 aromatic rings. The fourth-order valence-electron chi connectivity index (χ4n) is 1.55. The minimum atomic E-state index is 0.172. The lowest BCUT2D eigenvalue weighted by Crippen LogP contribution is -1.89. The van der Waals surface area contributed by atoms with Crippen LogP contribution in [0.4, 0.5) is 0 Å². The van der Waals surface area contributed by atoms with Crippen molar-refractivity contribution in [1.82, 2.24) is 5.16 Å². The normalized spacial score (nSPS) is 10.6. The van der Waals surface area contributed by atoms with Gasteiger partial charge in [0.1, 0.15) is 0 Å². The van der Waals surface area contributed by atoms with Crippen molar-refractivity contribution in [1.29, 1.82) is 0 Å². The Hall–Kier alpha value is -1.32. The topological polar surface area (TPSA) is 46.3 Å². The number of aliphatic hydroxyl groups is 1. The summed E-state index contributed by atoms with van der Waals surface area (Å²) in [6.45, 7) is 0.172. The largest absolute Gasteiger partial charge is 0.396 e. The van der Waals surface area contributed by atoms with Crippen molar-refractivity contribution >= 4 is 11.6 Å². The molecule has 0 fully saturated rings. The Labute approximate surface area is 98.6 Å². The molecule has 1 aromatic heterocycles. The van der Waals surface area contributed by atoms with E-state index in [4.69, 9.17) is 21.2 Å². The maximum absolute atomic E-state index is 8.79. The van der Waals surface area contributed by atoms with Gasteiger partial charge in [-0.05, 0) is 37.1 Å². The molecule has 0 aliphatic heterocycles. The molecule has 1 heterocycles. The highest BCUT2D eigenvalue weighted by molar-refractivity contribution is 6.30. The summed E-state index contributed by atoms with van der Waals surface area (Å²) in [4.78, 5) is 0. The van der Waals surface area contributed by atoms with Gasteiger partial charge >= 0.3 is 0 Å². The van der Waals surface area contributed by atoms with Gasteiger partial charge in [0.15, 0.2) is 5.76 Å². The van der Waals surface area contributed by atoms with E-state index in [1.165, 1.54) is 0 Å². The standard InChI is InChI=1S/C12H12ClNO2/c13-11-5-3-9(4-6-11)12-10(2-1-7-15)8-14-16-12/h3-6,8,15H,1-2,7H2. The molecule has 0 spiro atoms. The molecule has 0 atom stereocenters. The van der Waals surface area contributed by atoms with Crippen molar-refractivity contribution in [2.45, 2.75) is 12.8 Å². The van der Waals surface area contributed by atoms with Crippen LogP contribution >= 0.6 is 11.6 Å². The van der Waals surface area contributed by atoms with Crippen LogP contribution in [0.5, 0.6) is 0 Å². The Morgan fingerprint density at radius 3 is 2.69 bits per heavy atom. The molecule has 0 aliphatic carbocycles. The minimum absolute atomic E-state index is 0.172. The molecule has 84 valence electrons. The minimum Gasteiger partial charge on any atom is -0.396 e. The summed E-state index contributed by atoms with van der Waals surface area (Å²) in [7, 11) is 0. The van der Waals surface area contributed by atoms with Gasteiger partial charge in [0, 0.05) is 22.8 Å². The second-order valence-electron chi connectivity index (χ2n) is 3.51. The van der Waals surface area contributed by atoms with E-state index in [1.807, 2.05) is 24.3 Å². The zero-order valence-corrected chi connectivity index (χ0v) is 9.44. The smallest absolute Gasteiger partial charge is 0.170 e. The number of halogens is 1. The van der Waals surface area contributed by atoms with Crippen molar-refractivity contribution in [3.63, 3.8) is 0 Å². The summed E-state index contributed by atoms with van der Waals surface area (Å²) >= 11 is 5.82. The van der Waals surface area contributed by atoms with Crippen LogP contribution in [0, 0.1) is 0 Å². The molecule has 0 aliphatic rings. The lowest BCUT2D eigenvalue weighted by Gasteiger charge is -2.00. The van der Waals surface area contributed by atoms with Crippen LogP contribution in [0.1, 0.15) is 12.0 Å². The Bertz CT molecular complexity index is 450. The van der Waals surface area contributed by atoms with Gasteiger partial charge in [-0.25, -0.2) is 0 Å². The third-order valence-electron chi connectivity index (χ3n) is 2.35. The molecular weight excluding hydrogens is 226 g/mol. The summed E-state index contributed by atoms with van der Waals surface area (Å²) in [5.41, 5.74) is 1.96. The Balaban J connectivity index is 2.26. The van der Waals surface area contributed by atoms with E-state index < -0.39 is 0 Å². The second kappa shape index (κ2) is 5.14. The highest BCUT2D eigenvalue weighted by atomic mass is 35.5. The number of nitrogens with zero attached hydrogens (tertiary/aromatic N) is 1. The van der Waals surface area contributed by atoms with Gasteiger partial charge in [0.05, 0.1) is 6.20 Å². The maximum Gasteiger partial charge on any atom is 0.170 e. The Morgan fingerprint density at radius 2 is 2.00 bits per heavy atom. The first-order valence-electron chi connectivity index (χ1n) is 5.11. The van der Waals surface area contributed by atoms with E-state index >= 15 is 0 Å². The number of aromatic nitrogens is 1. The zero-order valence-electron chi connectivity index (χ0n) is 8.69. The summed E-state index contributed by atoms with van der Waals surface area (Å²) in [6, 6.07) is 7.42.